The number of halogens is 1. The van der Waals surface area contributed by atoms with Crippen LogP contribution in [0.4, 0.5) is 10.1 Å². The van der Waals surface area contributed by atoms with Crippen LogP contribution in [0, 0.1) is 23.1 Å². The molecule has 0 radical (unpaired) electrons. The van der Waals surface area contributed by atoms with E-state index in [1.54, 1.807) is 19.2 Å². The average molecular weight is 426 g/mol. The molecular formula is C22H23FN4O4. The van der Waals surface area contributed by atoms with Gasteiger partial charge in [0.1, 0.15) is 11.2 Å². The maximum atomic E-state index is 14.5. The first-order chi connectivity index (χ1) is 14.9. The van der Waals surface area contributed by atoms with Crippen molar-refractivity contribution in [2.45, 2.75) is 6.42 Å². The number of hydrogen-bond acceptors (Lipinski definition) is 6. The minimum absolute atomic E-state index is 0.0219. The molecule has 1 aliphatic heterocycles. The maximum absolute atomic E-state index is 14.5. The number of primary amides is 1. The van der Waals surface area contributed by atoms with Crippen LogP contribution in [0.25, 0.3) is 11.3 Å². The lowest BCUT2D eigenvalue weighted by Crippen LogP contribution is -2.33. The molecule has 31 heavy (non-hydrogen) atoms. The lowest BCUT2D eigenvalue weighted by atomic mass is 9.88. The number of anilines is 1. The summed E-state index contributed by atoms with van der Waals surface area (Å²) in [6.07, 6.45) is 0.393. The van der Waals surface area contributed by atoms with Gasteiger partial charge in [-0.3, -0.25) is 9.59 Å². The molecule has 1 aromatic heterocycles. The van der Waals surface area contributed by atoms with Crippen LogP contribution in [-0.2, 0) is 9.53 Å². The van der Waals surface area contributed by atoms with Crippen LogP contribution in [0.5, 0.6) is 0 Å². The van der Waals surface area contributed by atoms with Gasteiger partial charge in [-0.15, -0.1) is 0 Å². The maximum Gasteiger partial charge on any atom is 0.269 e. The molecule has 0 spiro atoms. The Morgan fingerprint density at radius 1 is 1.42 bits per heavy atom. The predicted octanol–water partition coefficient (Wildman–Crippen LogP) is 0.895. The van der Waals surface area contributed by atoms with Crippen LogP contribution < -0.4 is 16.4 Å². The number of nitrogens with two attached hydrogens (primary N) is 1. The Bertz CT molecular complexity index is 1060. The van der Waals surface area contributed by atoms with Gasteiger partial charge in [-0.25, -0.2) is 9.37 Å². The molecule has 2 amide bonds. The third-order valence-electron chi connectivity index (χ3n) is 4.98. The summed E-state index contributed by atoms with van der Waals surface area (Å²) in [6.45, 7) is 0.897. The van der Waals surface area contributed by atoms with E-state index in [1.807, 2.05) is 0 Å². The van der Waals surface area contributed by atoms with Crippen molar-refractivity contribution in [1.29, 1.82) is 0 Å². The van der Waals surface area contributed by atoms with Gasteiger partial charge in [0, 0.05) is 31.3 Å². The minimum Gasteiger partial charge on any atom is -0.394 e. The van der Waals surface area contributed by atoms with Crippen molar-refractivity contribution in [3.63, 3.8) is 0 Å². The molecule has 1 atom stereocenters. The van der Waals surface area contributed by atoms with Crippen molar-refractivity contribution < 1.29 is 23.8 Å². The molecule has 0 aliphatic carbocycles. The van der Waals surface area contributed by atoms with E-state index in [1.165, 1.54) is 18.2 Å². The molecule has 1 saturated heterocycles. The number of methoxy groups -OCH3 is 1. The Morgan fingerprint density at radius 3 is 2.87 bits per heavy atom. The predicted molar refractivity (Wildman–Crippen MR) is 113 cm³/mol. The molecule has 1 aromatic carbocycles. The van der Waals surface area contributed by atoms with Gasteiger partial charge in [0.15, 0.2) is 5.69 Å². The fraction of sp³-hybridized carbons (Fsp3) is 0.318. The zero-order valence-corrected chi connectivity index (χ0v) is 17.0. The van der Waals surface area contributed by atoms with Gasteiger partial charge in [0.05, 0.1) is 24.6 Å². The molecule has 8 nitrogen and oxygen atoms in total. The smallest absolute Gasteiger partial charge is 0.269 e. The van der Waals surface area contributed by atoms with Crippen LogP contribution in [0.1, 0.15) is 22.5 Å². The van der Waals surface area contributed by atoms with E-state index < -0.39 is 23.7 Å². The third kappa shape index (κ3) is 4.82. The molecular weight excluding hydrogens is 403 g/mol. The average Bonchev–Trinajstić information content (AvgIpc) is 3.14. The molecule has 9 heteroatoms. The minimum atomic E-state index is -1.17. The zero-order valence-electron chi connectivity index (χ0n) is 17.0. The van der Waals surface area contributed by atoms with Gasteiger partial charge >= 0.3 is 0 Å². The first-order valence-corrected chi connectivity index (χ1v) is 9.66. The standard InChI is InChI=1S/C22H23FN4O4/c1-31-11-10-25-18-5-4-17(27-19(18)20(24)29)15-12-14(2-3-16(15)23)6-7-22(13-28)8-9-26-21(22)30/h2-5,12,25,28H,8-11,13H2,1H3,(H2,24,29)(H,26,30). The van der Waals surface area contributed by atoms with Gasteiger partial charge in [0.2, 0.25) is 5.91 Å². The molecule has 0 bridgehead atoms. The SMILES string of the molecule is COCCNc1ccc(-c2cc(C#CC3(CO)CCNC3=O)ccc2F)nc1C(N)=O. The number of rotatable bonds is 7. The summed E-state index contributed by atoms with van der Waals surface area (Å²) in [5.41, 5.74) is 5.46. The highest BCUT2D eigenvalue weighted by molar-refractivity contribution is 5.97. The summed E-state index contributed by atoms with van der Waals surface area (Å²) in [6, 6.07) is 7.34. The Balaban J connectivity index is 1.95. The molecule has 1 unspecified atom stereocenters. The van der Waals surface area contributed by atoms with Crippen LogP contribution in [0.3, 0.4) is 0 Å². The van der Waals surface area contributed by atoms with Crippen molar-refractivity contribution in [3.8, 4) is 23.1 Å². The van der Waals surface area contributed by atoms with Crippen LogP contribution in [0.2, 0.25) is 0 Å². The number of aliphatic hydroxyl groups is 1. The third-order valence-corrected chi connectivity index (χ3v) is 4.98. The van der Waals surface area contributed by atoms with Crippen LogP contribution in [0.15, 0.2) is 30.3 Å². The zero-order chi connectivity index (χ0) is 22.4. The number of aliphatic hydroxyl groups excluding tert-OH is 1. The molecule has 1 fully saturated rings. The fourth-order valence-corrected chi connectivity index (χ4v) is 3.20. The molecule has 1 aliphatic rings. The molecule has 162 valence electrons. The highest BCUT2D eigenvalue weighted by Crippen LogP contribution is 2.27. The van der Waals surface area contributed by atoms with Crippen molar-refractivity contribution >= 4 is 17.5 Å². The summed E-state index contributed by atoms with van der Waals surface area (Å²) >= 11 is 0. The molecule has 2 heterocycles. The Morgan fingerprint density at radius 2 is 2.23 bits per heavy atom. The second-order valence-corrected chi connectivity index (χ2v) is 7.07. The number of aromatic nitrogens is 1. The summed E-state index contributed by atoms with van der Waals surface area (Å²) in [4.78, 5) is 28.1. The van der Waals surface area contributed by atoms with Gasteiger partial charge in [-0.05, 0) is 36.8 Å². The van der Waals surface area contributed by atoms with E-state index in [-0.39, 0.29) is 22.9 Å². The highest BCUT2D eigenvalue weighted by Gasteiger charge is 2.40. The molecule has 3 rings (SSSR count). The van der Waals surface area contributed by atoms with E-state index in [9.17, 15) is 19.1 Å². The van der Waals surface area contributed by atoms with Crippen molar-refractivity contribution in [1.82, 2.24) is 10.3 Å². The lowest BCUT2D eigenvalue weighted by molar-refractivity contribution is -0.126. The number of carbonyl (C=O) groups excluding carboxylic acids is 2. The number of amides is 2. The van der Waals surface area contributed by atoms with E-state index in [0.29, 0.717) is 37.4 Å². The second-order valence-electron chi connectivity index (χ2n) is 7.07. The number of pyridine rings is 1. The first-order valence-electron chi connectivity index (χ1n) is 9.66. The van der Waals surface area contributed by atoms with Crippen molar-refractivity contribution in [2.75, 3.05) is 38.7 Å². The van der Waals surface area contributed by atoms with E-state index in [2.05, 4.69) is 27.5 Å². The summed E-state index contributed by atoms with van der Waals surface area (Å²) < 4.78 is 19.5. The lowest BCUT2D eigenvalue weighted by Gasteiger charge is -2.15. The summed E-state index contributed by atoms with van der Waals surface area (Å²) in [5, 5.41) is 15.3. The van der Waals surface area contributed by atoms with E-state index >= 15 is 0 Å². The van der Waals surface area contributed by atoms with E-state index in [0.717, 1.165) is 0 Å². The summed E-state index contributed by atoms with van der Waals surface area (Å²) in [7, 11) is 1.55. The number of carbonyl (C=O) groups is 2. The van der Waals surface area contributed by atoms with Crippen LogP contribution >= 0.6 is 0 Å². The highest BCUT2D eigenvalue weighted by atomic mass is 19.1. The number of benzene rings is 1. The Labute approximate surface area is 179 Å². The normalized spacial score (nSPS) is 17.6. The number of ether oxygens (including phenoxy) is 1. The largest absolute Gasteiger partial charge is 0.394 e. The first kappa shape index (κ1) is 22.2. The van der Waals surface area contributed by atoms with E-state index in [4.69, 9.17) is 10.5 Å². The van der Waals surface area contributed by atoms with Crippen molar-refractivity contribution in [3.05, 3.63) is 47.4 Å². The number of hydrogen-bond donors (Lipinski definition) is 4. The molecule has 2 aromatic rings. The van der Waals surface area contributed by atoms with Crippen LogP contribution in [-0.4, -0.2) is 55.3 Å². The van der Waals surface area contributed by atoms with Gasteiger partial charge in [0.25, 0.3) is 5.91 Å². The summed E-state index contributed by atoms with van der Waals surface area (Å²) in [5.74, 6) is 4.04. The Hall–Kier alpha value is -3.48. The second kappa shape index (κ2) is 9.55. The van der Waals surface area contributed by atoms with Gasteiger partial charge in [-0.2, -0.15) is 0 Å². The topological polar surface area (TPSA) is 127 Å². The molecule has 5 N–H and O–H groups in total. The molecule has 0 saturated carbocycles. The Kier molecular flexibility index (Phi) is 6.84. The van der Waals surface area contributed by atoms with Crippen molar-refractivity contribution in [2.24, 2.45) is 11.1 Å². The van der Waals surface area contributed by atoms with Gasteiger partial charge in [-0.1, -0.05) is 11.8 Å². The number of nitrogens with one attached hydrogen (secondary N) is 2. The monoisotopic (exact) mass is 426 g/mol. The fourth-order valence-electron chi connectivity index (χ4n) is 3.20. The van der Waals surface area contributed by atoms with Gasteiger partial charge < -0.3 is 26.2 Å². The number of nitrogens with zero attached hydrogens (tertiary/aromatic N) is 1. The quantitative estimate of drug-likeness (QED) is 0.385.